The minimum absolute atomic E-state index is 0.0475. The molecule has 1 rings (SSSR count). The van der Waals surface area contributed by atoms with Crippen molar-refractivity contribution >= 4 is 23.5 Å². The molecular weight excluding hydrogens is 332 g/mol. The largest absolute Gasteiger partial charge is 0.467 e. The molecule has 0 bridgehead atoms. The number of carbonyl (C=O) groups is 3. The third-order valence-corrected chi connectivity index (χ3v) is 3.16. The van der Waals surface area contributed by atoms with Gasteiger partial charge in [-0.3, -0.25) is 14.9 Å². The number of hydrogen-bond donors (Lipinski definition) is 1. The molecule has 1 aromatic carbocycles. The molecule has 0 saturated carbocycles. The lowest BCUT2D eigenvalue weighted by atomic mass is 10.0. The fourth-order valence-electron chi connectivity index (χ4n) is 2.02. The van der Waals surface area contributed by atoms with E-state index in [0.717, 1.165) is 6.07 Å². The molecule has 0 unspecified atom stereocenters. The minimum Gasteiger partial charge on any atom is -0.467 e. The predicted molar refractivity (Wildman–Crippen MR) is 86.8 cm³/mol. The fraction of sp³-hybridized carbons (Fsp3) is 0.438. The molecule has 25 heavy (non-hydrogen) atoms. The van der Waals surface area contributed by atoms with Crippen LogP contribution in [0, 0.1) is 16.0 Å². The van der Waals surface area contributed by atoms with Gasteiger partial charge in [0.2, 0.25) is 0 Å². The molecule has 0 aliphatic carbocycles. The zero-order chi connectivity index (χ0) is 19.0. The summed E-state index contributed by atoms with van der Waals surface area (Å²) in [6, 6.07) is 4.12. The van der Waals surface area contributed by atoms with E-state index < -0.39 is 35.4 Å². The number of methoxy groups -OCH3 is 1. The SMILES string of the molecule is COC(=O)[C@H](CC(C)C)NC(=O)COC(=O)c1cccc([N+](=O)[O-])c1. The summed E-state index contributed by atoms with van der Waals surface area (Å²) in [5.74, 6) is -2.00. The van der Waals surface area contributed by atoms with E-state index in [1.165, 1.54) is 25.3 Å². The molecule has 9 heteroatoms. The van der Waals surface area contributed by atoms with E-state index in [2.05, 4.69) is 10.1 Å². The predicted octanol–water partition coefficient (Wildman–Crippen LogP) is 1.46. The average Bonchev–Trinajstić information content (AvgIpc) is 2.58. The van der Waals surface area contributed by atoms with Crippen LogP contribution in [-0.2, 0) is 19.1 Å². The maximum Gasteiger partial charge on any atom is 0.338 e. The average molecular weight is 352 g/mol. The van der Waals surface area contributed by atoms with Crippen LogP contribution in [-0.4, -0.2) is 42.5 Å². The van der Waals surface area contributed by atoms with Gasteiger partial charge in [-0.2, -0.15) is 0 Å². The van der Waals surface area contributed by atoms with E-state index in [-0.39, 0.29) is 17.2 Å². The van der Waals surface area contributed by atoms with Crippen molar-refractivity contribution in [3.8, 4) is 0 Å². The van der Waals surface area contributed by atoms with Crippen LogP contribution in [0.1, 0.15) is 30.6 Å². The number of ether oxygens (including phenoxy) is 2. The lowest BCUT2D eigenvalue weighted by Gasteiger charge is -2.18. The molecule has 9 nitrogen and oxygen atoms in total. The molecule has 1 atom stereocenters. The Balaban J connectivity index is 2.62. The van der Waals surface area contributed by atoms with Crippen molar-refractivity contribution in [2.75, 3.05) is 13.7 Å². The topological polar surface area (TPSA) is 125 Å². The fourth-order valence-corrected chi connectivity index (χ4v) is 2.02. The Morgan fingerprint density at radius 2 is 1.96 bits per heavy atom. The summed E-state index contributed by atoms with van der Waals surface area (Å²) in [5.41, 5.74) is -0.310. The third-order valence-electron chi connectivity index (χ3n) is 3.16. The number of nitrogens with zero attached hydrogens (tertiary/aromatic N) is 1. The molecule has 136 valence electrons. The van der Waals surface area contributed by atoms with E-state index in [1.54, 1.807) is 0 Å². The molecule has 1 amide bonds. The summed E-state index contributed by atoms with van der Waals surface area (Å²) in [6.07, 6.45) is 0.372. The number of esters is 2. The first-order valence-electron chi connectivity index (χ1n) is 7.53. The lowest BCUT2D eigenvalue weighted by Crippen LogP contribution is -2.44. The van der Waals surface area contributed by atoms with Crippen LogP contribution < -0.4 is 5.32 Å². The first-order chi connectivity index (χ1) is 11.7. The van der Waals surface area contributed by atoms with Crippen molar-refractivity contribution in [2.24, 2.45) is 5.92 Å². The van der Waals surface area contributed by atoms with Crippen molar-refractivity contribution in [3.63, 3.8) is 0 Å². The van der Waals surface area contributed by atoms with Crippen molar-refractivity contribution in [3.05, 3.63) is 39.9 Å². The molecule has 0 heterocycles. The zero-order valence-corrected chi connectivity index (χ0v) is 14.2. The second-order valence-corrected chi connectivity index (χ2v) is 5.66. The Labute approximate surface area is 144 Å². The standard InChI is InChI=1S/C16H20N2O7/c1-10(2)7-13(16(21)24-3)17-14(19)9-25-15(20)11-5-4-6-12(8-11)18(22)23/h4-6,8,10,13H,7,9H2,1-3H3,(H,17,19)/t13-/m0/s1. The zero-order valence-electron chi connectivity index (χ0n) is 14.2. The summed E-state index contributed by atoms with van der Waals surface area (Å²) in [5, 5.41) is 13.1. The van der Waals surface area contributed by atoms with Crippen LogP contribution in [0.4, 0.5) is 5.69 Å². The Hall–Kier alpha value is -2.97. The number of non-ortho nitro benzene ring substituents is 1. The van der Waals surface area contributed by atoms with Gasteiger partial charge in [-0.1, -0.05) is 19.9 Å². The Morgan fingerprint density at radius 3 is 2.52 bits per heavy atom. The van der Waals surface area contributed by atoms with E-state index in [9.17, 15) is 24.5 Å². The van der Waals surface area contributed by atoms with E-state index in [1.807, 2.05) is 13.8 Å². The molecular formula is C16H20N2O7. The first kappa shape index (κ1) is 20.1. The molecule has 0 aliphatic rings. The Bertz CT molecular complexity index is 658. The van der Waals surface area contributed by atoms with Crippen LogP contribution in [0.3, 0.4) is 0 Å². The highest BCUT2D eigenvalue weighted by atomic mass is 16.6. The van der Waals surface area contributed by atoms with E-state index in [0.29, 0.717) is 6.42 Å². The number of nitro benzene ring substituents is 1. The van der Waals surface area contributed by atoms with Gasteiger partial charge in [-0.15, -0.1) is 0 Å². The summed E-state index contributed by atoms with van der Waals surface area (Å²) >= 11 is 0. The van der Waals surface area contributed by atoms with E-state index in [4.69, 9.17) is 4.74 Å². The molecule has 0 aromatic heterocycles. The summed E-state index contributed by atoms with van der Waals surface area (Å²) in [4.78, 5) is 45.4. The van der Waals surface area contributed by atoms with Gasteiger partial charge in [0.15, 0.2) is 6.61 Å². The van der Waals surface area contributed by atoms with Gasteiger partial charge < -0.3 is 14.8 Å². The van der Waals surface area contributed by atoms with Gasteiger partial charge in [0.1, 0.15) is 6.04 Å². The van der Waals surface area contributed by atoms with Crippen LogP contribution in [0.5, 0.6) is 0 Å². The Kier molecular flexibility index (Phi) is 7.51. The molecule has 1 aromatic rings. The molecule has 1 N–H and O–H groups in total. The number of nitro groups is 1. The number of amides is 1. The second-order valence-electron chi connectivity index (χ2n) is 5.66. The molecule has 0 radical (unpaired) electrons. The molecule has 0 fully saturated rings. The summed E-state index contributed by atoms with van der Waals surface area (Å²) < 4.78 is 9.44. The van der Waals surface area contributed by atoms with Crippen molar-refractivity contribution in [1.29, 1.82) is 0 Å². The number of rotatable bonds is 8. The van der Waals surface area contributed by atoms with Gasteiger partial charge in [0.25, 0.3) is 11.6 Å². The first-order valence-corrected chi connectivity index (χ1v) is 7.53. The van der Waals surface area contributed by atoms with Gasteiger partial charge in [0, 0.05) is 12.1 Å². The van der Waals surface area contributed by atoms with Gasteiger partial charge in [-0.25, -0.2) is 9.59 Å². The third kappa shape index (κ3) is 6.58. The quantitative estimate of drug-likeness (QED) is 0.426. The van der Waals surface area contributed by atoms with Crippen molar-refractivity contribution in [2.45, 2.75) is 26.3 Å². The van der Waals surface area contributed by atoms with Crippen molar-refractivity contribution < 1.29 is 28.8 Å². The van der Waals surface area contributed by atoms with Crippen LogP contribution in [0.2, 0.25) is 0 Å². The van der Waals surface area contributed by atoms with Gasteiger partial charge >= 0.3 is 11.9 Å². The number of carbonyl (C=O) groups excluding carboxylic acids is 3. The van der Waals surface area contributed by atoms with Gasteiger partial charge in [-0.05, 0) is 18.4 Å². The second kappa shape index (κ2) is 9.36. The summed E-state index contributed by atoms with van der Waals surface area (Å²) in [6.45, 7) is 3.14. The smallest absolute Gasteiger partial charge is 0.338 e. The van der Waals surface area contributed by atoms with Crippen LogP contribution >= 0.6 is 0 Å². The van der Waals surface area contributed by atoms with Crippen molar-refractivity contribution in [1.82, 2.24) is 5.32 Å². The van der Waals surface area contributed by atoms with Crippen LogP contribution in [0.15, 0.2) is 24.3 Å². The monoisotopic (exact) mass is 352 g/mol. The normalized spacial score (nSPS) is 11.5. The minimum atomic E-state index is -0.877. The Morgan fingerprint density at radius 1 is 1.28 bits per heavy atom. The maximum absolute atomic E-state index is 11.9. The molecule has 0 aliphatic heterocycles. The lowest BCUT2D eigenvalue weighted by molar-refractivity contribution is -0.384. The molecule has 0 spiro atoms. The number of hydrogen-bond acceptors (Lipinski definition) is 7. The van der Waals surface area contributed by atoms with E-state index >= 15 is 0 Å². The highest BCUT2D eigenvalue weighted by Crippen LogP contribution is 2.14. The summed E-state index contributed by atoms with van der Waals surface area (Å²) in [7, 11) is 1.21. The number of benzene rings is 1. The highest BCUT2D eigenvalue weighted by molar-refractivity contribution is 5.92. The molecule has 0 saturated heterocycles. The van der Waals surface area contributed by atoms with Crippen LogP contribution in [0.25, 0.3) is 0 Å². The highest BCUT2D eigenvalue weighted by Gasteiger charge is 2.23. The van der Waals surface area contributed by atoms with Gasteiger partial charge in [0.05, 0.1) is 17.6 Å². The number of nitrogens with one attached hydrogen (secondary N) is 1. The maximum atomic E-state index is 11.9.